The van der Waals surface area contributed by atoms with E-state index in [1.54, 1.807) is 19.6 Å². The first kappa shape index (κ1) is 14.5. The van der Waals surface area contributed by atoms with Crippen molar-refractivity contribution in [2.75, 3.05) is 17.7 Å². The van der Waals surface area contributed by atoms with Crippen LogP contribution < -0.4 is 21.1 Å². The van der Waals surface area contributed by atoms with E-state index in [0.717, 1.165) is 27.8 Å². The largest absolute Gasteiger partial charge is 0.495 e. The molecule has 1 aliphatic rings. The summed E-state index contributed by atoms with van der Waals surface area (Å²) in [6.45, 7) is 0. The van der Waals surface area contributed by atoms with E-state index in [9.17, 15) is 0 Å². The molecule has 1 unspecified atom stereocenters. The summed E-state index contributed by atoms with van der Waals surface area (Å²) < 4.78 is 5.25. The highest BCUT2D eigenvalue weighted by atomic mass is 16.5. The van der Waals surface area contributed by atoms with Gasteiger partial charge in [-0.25, -0.2) is 4.99 Å². The third kappa shape index (κ3) is 2.24. The fourth-order valence-corrected chi connectivity index (χ4v) is 2.93. The molecular formula is C18H17N5O. The number of pyridine rings is 1. The average Bonchev–Trinajstić information content (AvgIpc) is 2.62. The Morgan fingerprint density at radius 1 is 1.17 bits per heavy atom. The van der Waals surface area contributed by atoms with Gasteiger partial charge in [-0.15, -0.1) is 0 Å². The Balaban J connectivity index is 1.77. The molecule has 0 spiro atoms. The third-order valence-electron chi connectivity index (χ3n) is 4.20. The minimum Gasteiger partial charge on any atom is -0.495 e. The fraction of sp³-hybridized carbons (Fsp3) is 0.111. The molecule has 1 aromatic heterocycles. The molecule has 0 aliphatic carbocycles. The van der Waals surface area contributed by atoms with Crippen molar-refractivity contribution in [3.8, 4) is 5.75 Å². The van der Waals surface area contributed by atoms with E-state index >= 15 is 0 Å². The standard InChI is InChI=1S/C18H17N5O/c1-24-17-9-16-13(8-14(17)19)18(20)23(10-22-16)12-4-5-15-11(7-12)3-2-6-21-15/h2-10,18H,19-20H2,1H3. The van der Waals surface area contributed by atoms with E-state index < -0.39 is 0 Å². The maximum absolute atomic E-state index is 6.45. The van der Waals surface area contributed by atoms with Gasteiger partial charge in [-0.1, -0.05) is 6.07 Å². The molecule has 0 fully saturated rings. The van der Waals surface area contributed by atoms with Crippen LogP contribution in [0.3, 0.4) is 0 Å². The SMILES string of the molecule is COc1cc2c(cc1N)C(N)N(c1ccc3ncccc3c1)C=N2. The smallest absolute Gasteiger partial charge is 0.143 e. The van der Waals surface area contributed by atoms with E-state index in [4.69, 9.17) is 16.2 Å². The second-order valence-corrected chi connectivity index (χ2v) is 5.63. The van der Waals surface area contributed by atoms with E-state index in [0.29, 0.717) is 11.4 Å². The van der Waals surface area contributed by atoms with Crippen molar-refractivity contribution >= 4 is 34.3 Å². The van der Waals surface area contributed by atoms with Gasteiger partial charge in [0.05, 0.1) is 30.3 Å². The Kier molecular flexibility index (Phi) is 3.32. The molecule has 3 aromatic rings. The monoisotopic (exact) mass is 319 g/mol. The highest BCUT2D eigenvalue weighted by molar-refractivity contribution is 5.91. The number of anilines is 2. The lowest BCUT2D eigenvalue weighted by Crippen LogP contribution is -2.35. The first-order valence-electron chi connectivity index (χ1n) is 7.57. The number of nitrogen functional groups attached to an aromatic ring is 1. The zero-order valence-corrected chi connectivity index (χ0v) is 13.2. The molecule has 0 saturated carbocycles. The van der Waals surface area contributed by atoms with Gasteiger partial charge in [-0.2, -0.15) is 0 Å². The molecule has 2 aromatic carbocycles. The number of hydrogen-bond acceptors (Lipinski definition) is 6. The quantitative estimate of drug-likeness (QED) is 0.709. The highest BCUT2D eigenvalue weighted by Gasteiger charge is 2.24. The molecule has 0 amide bonds. The molecule has 6 heteroatoms. The summed E-state index contributed by atoms with van der Waals surface area (Å²) in [6.07, 6.45) is 3.14. The molecule has 4 N–H and O–H groups in total. The molecule has 2 heterocycles. The van der Waals surface area contributed by atoms with Crippen molar-refractivity contribution in [1.82, 2.24) is 4.98 Å². The predicted octanol–water partition coefficient (Wildman–Crippen LogP) is 2.96. The molecule has 24 heavy (non-hydrogen) atoms. The van der Waals surface area contributed by atoms with Crippen LogP contribution in [-0.2, 0) is 0 Å². The summed E-state index contributed by atoms with van der Waals surface area (Å²) in [4.78, 5) is 10.8. The first-order valence-corrected chi connectivity index (χ1v) is 7.57. The van der Waals surface area contributed by atoms with Crippen LogP contribution in [0.25, 0.3) is 10.9 Å². The minimum absolute atomic E-state index is 0.375. The molecule has 0 radical (unpaired) electrons. The summed E-state index contributed by atoms with van der Waals surface area (Å²) in [5.74, 6) is 0.600. The number of ether oxygens (including phenoxy) is 1. The molecule has 1 aliphatic heterocycles. The lowest BCUT2D eigenvalue weighted by Gasteiger charge is -2.31. The second kappa shape index (κ2) is 5.50. The Morgan fingerprint density at radius 2 is 2.04 bits per heavy atom. The average molecular weight is 319 g/mol. The highest BCUT2D eigenvalue weighted by Crippen LogP contribution is 2.38. The predicted molar refractivity (Wildman–Crippen MR) is 96.7 cm³/mol. The van der Waals surface area contributed by atoms with Crippen molar-refractivity contribution < 1.29 is 4.74 Å². The van der Waals surface area contributed by atoms with E-state index in [1.807, 2.05) is 47.4 Å². The lowest BCUT2D eigenvalue weighted by atomic mass is 10.1. The summed E-state index contributed by atoms with van der Waals surface area (Å²) >= 11 is 0. The molecule has 4 rings (SSSR count). The second-order valence-electron chi connectivity index (χ2n) is 5.63. The molecule has 6 nitrogen and oxygen atoms in total. The Morgan fingerprint density at radius 3 is 2.88 bits per heavy atom. The maximum atomic E-state index is 6.45. The zero-order valence-electron chi connectivity index (χ0n) is 13.2. The van der Waals surface area contributed by atoms with Crippen molar-refractivity contribution in [2.45, 2.75) is 6.17 Å². The van der Waals surface area contributed by atoms with Gasteiger partial charge in [-0.05, 0) is 30.3 Å². The van der Waals surface area contributed by atoms with Gasteiger partial charge >= 0.3 is 0 Å². The van der Waals surface area contributed by atoms with E-state index in [-0.39, 0.29) is 6.17 Å². The van der Waals surface area contributed by atoms with Crippen LogP contribution in [0.4, 0.5) is 17.1 Å². The minimum atomic E-state index is -0.375. The fourth-order valence-electron chi connectivity index (χ4n) is 2.93. The zero-order chi connectivity index (χ0) is 16.7. The van der Waals surface area contributed by atoms with Crippen molar-refractivity contribution in [2.24, 2.45) is 10.7 Å². The van der Waals surface area contributed by atoms with E-state index in [1.165, 1.54) is 0 Å². The van der Waals surface area contributed by atoms with Crippen molar-refractivity contribution in [1.29, 1.82) is 0 Å². The number of rotatable bonds is 2. The molecule has 1 atom stereocenters. The van der Waals surface area contributed by atoms with Crippen LogP contribution in [0.2, 0.25) is 0 Å². The number of nitrogens with two attached hydrogens (primary N) is 2. The third-order valence-corrected chi connectivity index (χ3v) is 4.20. The van der Waals surface area contributed by atoms with Gasteiger partial charge < -0.3 is 21.1 Å². The molecule has 0 bridgehead atoms. The van der Waals surface area contributed by atoms with Crippen LogP contribution in [0.5, 0.6) is 5.75 Å². The Hall–Kier alpha value is -3.12. The Bertz CT molecular complexity index is 953. The van der Waals surface area contributed by atoms with Crippen LogP contribution in [0.1, 0.15) is 11.7 Å². The molecular weight excluding hydrogens is 302 g/mol. The first-order chi connectivity index (χ1) is 11.7. The summed E-state index contributed by atoms with van der Waals surface area (Å²) in [5, 5.41) is 1.05. The number of methoxy groups -OCH3 is 1. The summed E-state index contributed by atoms with van der Waals surface area (Å²) in [6, 6.07) is 13.6. The van der Waals surface area contributed by atoms with Crippen LogP contribution in [0.15, 0.2) is 53.7 Å². The van der Waals surface area contributed by atoms with Crippen LogP contribution in [0, 0.1) is 0 Å². The van der Waals surface area contributed by atoms with Gasteiger partial charge in [0, 0.05) is 28.9 Å². The summed E-state index contributed by atoms with van der Waals surface area (Å²) in [5.41, 5.74) is 16.5. The van der Waals surface area contributed by atoms with Crippen LogP contribution in [-0.4, -0.2) is 18.4 Å². The summed E-state index contributed by atoms with van der Waals surface area (Å²) in [7, 11) is 1.58. The number of nitrogens with zero attached hydrogens (tertiary/aromatic N) is 3. The molecule has 0 saturated heterocycles. The lowest BCUT2D eigenvalue weighted by molar-refractivity contribution is 0.417. The number of fused-ring (bicyclic) bond motifs is 2. The number of benzene rings is 2. The number of aromatic nitrogens is 1. The van der Waals surface area contributed by atoms with Gasteiger partial charge in [0.1, 0.15) is 11.9 Å². The van der Waals surface area contributed by atoms with Gasteiger partial charge in [-0.3, -0.25) is 4.98 Å². The van der Waals surface area contributed by atoms with E-state index in [2.05, 4.69) is 9.98 Å². The van der Waals surface area contributed by atoms with Gasteiger partial charge in [0.15, 0.2) is 0 Å². The van der Waals surface area contributed by atoms with Gasteiger partial charge in [0.25, 0.3) is 0 Å². The normalized spacial score (nSPS) is 16.2. The number of hydrogen-bond donors (Lipinski definition) is 2. The van der Waals surface area contributed by atoms with Crippen LogP contribution >= 0.6 is 0 Å². The Labute approximate surface area is 139 Å². The van der Waals surface area contributed by atoms with Crippen molar-refractivity contribution in [3.63, 3.8) is 0 Å². The number of aliphatic imine (C=N–C) groups is 1. The van der Waals surface area contributed by atoms with Gasteiger partial charge in [0.2, 0.25) is 0 Å². The maximum Gasteiger partial charge on any atom is 0.143 e. The molecule has 120 valence electrons. The van der Waals surface area contributed by atoms with Crippen molar-refractivity contribution in [3.05, 3.63) is 54.2 Å². The topological polar surface area (TPSA) is 89.8 Å².